The van der Waals surface area contributed by atoms with Crippen LogP contribution >= 0.6 is 0 Å². The predicted molar refractivity (Wildman–Crippen MR) is 76.3 cm³/mol. The zero-order chi connectivity index (χ0) is 14.1. The van der Waals surface area contributed by atoms with Crippen LogP contribution in [0.5, 0.6) is 0 Å². The Kier molecular flexibility index (Phi) is 3.61. The highest BCUT2D eigenvalue weighted by atomic mass is 19.1. The molecule has 0 aliphatic carbocycles. The molecule has 0 aromatic heterocycles. The van der Waals surface area contributed by atoms with Crippen molar-refractivity contribution in [2.75, 3.05) is 31.1 Å². The number of benzene rings is 1. The maximum Gasteiger partial charge on any atom is 0.251 e. The second-order valence-electron chi connectivity index (χ2n) is 5.66. The molecule has 0 bridgehead atoms. The van der Waals surface area contributed by atoms with Gasteiger partial charge in [-0.3, -0.25) is 9.69 Å². The number of rotatable bonds is 3. The van der Waals surface area contributed by atoms with Gasteiger partial charge in [0.15, 0.2) is 0 Å². The number of carbonyl (C=O) groups is 1. The lowest BCUT2D eigenvalue weighted by molar-refractivity contribution is 0.0996. The van der Waals surface area contributed by atoms with Crippen molar-refractivity contribution in [3.63, 3.8) is 0 Å². The smallest absolute Gasteiger partial charge is 0.251 e. The van der Waals surface area contributed by atoms with Crippen LogP contribution in [-0.2, 0) is 0 Å². The molecule has 0 radical (unpaired) electrons. The third kappa shape index (κ3) is 2.50. The minimum absolute atomic E-state index is 0.0379. The Hall–Kier alpha value is -1.62. The van der Waals surface area contributed by atoms with Crippen molar-refractivity contribution >= 4 is 11.6 Å². The number of halogens is 1. The van der Waals surface area contributed by atoms with Crippen molar-refractivity contribution < 1.29 is 9.18 Å². The average Bonchev–Trinajstić information content (AvgIpc) is 3.09. The molecule has 1 atom stereocenters. The molecule has 0 spiro atoms. The lowest BCUT2D eigenvalue weighted by Crippen LogP contribution is -2.35. The van der Waals surface area contributed by atoms with Gasteiger partial charge in [0.05, 0.1) is 5.56 Å². The van der Waals surface area contributed by atoms with E-state index in [9.17, 15) is 9.18 Å². The first kappa shape index (κ1) is 13.4. The van der Waals surface area contributed by atoms with E-state index in [2.05, 4.69) is 9.80 Å². The first-order valence-electron chi connectivity index (χ1n) is 7.23. The van der Waals surface area contributed by atoms with E-state index in [4.69, 9.17) is 5.73 Å². The number of hydrogen-bond donors (Lipinski definition) is 1. The number of likely N-dealkylation sites (tertiary alicyclic amines) is 1. The third-order valence-corrected chi connectivity index (χ3v) is 4.40. The lowest BCUT2D eigenvalue weighted by atomic mass is 10.1. The zero-order valence-corrected chi connectivity index (χ0v) is 11.5. The molecule has 5 heteroatoms. The molecule has 108 valence electrons. The highest BCUT2D eigenvalue weighted by molar-refractivity contribution is 5.93. The molecular weight excluding hydrogens is 257 g/mol. The molecule has 1 aromatic rings. The summed E-state index contributed by atoms with van der Waals surface area (Å²) in [5, 5.41) is 0. The van der Waals surface area contributed by atoms with Gasteiger partial charge in [-0.2, -0.15) is 0 Å². The quantitative estimate of drug-likeness (QED) is 0.913. The Morgan fingerprint density at radius 2 is 2.00 bits per heavy atom. The standard InChI is InChI=1S/C15H20FN3O/c16-14-9-11(3-4-13(14)15(17)20)19-8-5-12(10-19)18-6-1-2-7-18/h3-4,9,12H,1-2,5-8,10H2,(H2,17,20)/t12-/m1/s1. The Morgan fingerprint density at radius 3 is 2.65 bits per heavy atom. The average molecular weight is 277 g/mol. The highest BCUT2D eigenvalue weighted by Gasteiger charge is 2.29. The van der Waals surface area contributed by atoms with Crippen LogP contribution in [0.3, 0.4) is 0 Å². The van der Waals surface area contributed by atoms with Gasteiger partial charge in [0.25, 0.3) is 5.91 Å². The molecule has 2 saturated heterocycles. The number of hydrogen-bond acceptors (Lipinski definition) is 3. The summed E-state index contributed by atoms with van der Waals surface area (Å²) in [6.45, 7) is 4.26. The summed E-state index contributed by atoms with van der Waals surface area (Å²) in [5.74, 6) is -1.25. The Morgan fingerprint density at radius 1 is 1.25 bits per heavy atom. The van der Waals surface area contributed by atoms with Crippen LogP contribution in [0.25, 0.3) is 0 Å². The summed E-state index contributed by atoms with van der Waals surface area (Å²) >= 11 is 0. The van der Waals surface area contributed by atoms with Crippen molar-refractivity contribution in [2.24, 2.45) is 5.73 Å². The number of anilines is 1. The molecule has 1 aromatic carbocycles. The monoisotopic (exact) mass is 277 g/mol. The van der Waals surface area contributed by atoms with Gasteiger partial charge in [-0.25, -0.2) is 4.39 Å². The summed E-state index contributed by atoms with van der Waals surface area (Å²) in [5.41, 5.74) is 5.93. The molecule has 2 fully saturated rings. The van der Waals surface area contributed by atoms with Crippen molar-refractivity contribution in [3.05, 3.63) is 29.6 Å². The van der Waals surface area contributed by atoms with Crippen LogP contribution in [0.15, 0.2) is 18.2 Å². The van der Waals surface area contributed by atoms with Gasteiger partial charge in [-0.1, -0.05) is 0 Å². The lowest BCUT2D eigenvalue weighted by Gasteiger charge is -2.24. The van der Waals surface area contributed by atoms with E-state index < -0.39 is 11.7 Å². The predicted octanol–water partition coefficient (Wildman–Crippen LogP) is 1.60. The van der Waals surface area contributed by atoms with Crippen LogP contribution < -0.4 is 10.6 Å². The molecule has 2 aliphatic rings. The van der Waals surface area contributed by atoms with Gasteiger partial charge in [-0.15, -0.1) is 0 Å². The van der Waals surface area contributed by atoms with Crippen LogP contribution in [0.1, 0.15) is 29.6 Å². The van der Waals surface area contributed by atoms with Gasteiger partial charge in [0, 0.05) is 24.8 Å². The minimum Gasteiger partial charge on any atom is -0.370 e. The molecule has 2 heterocycles. The van der Waals surface area contributed by atoms with Crippen molar-refractivity contribution in [1.82, 2.24) is 4.90 Å². The topological polar surface area (TPSA) is 49.6 Å². The fourth-order valence-corrected chi connectivity index (χ4v) is 3.28. The summed E-state index contributed by atoms with van der Waals surface area (Å²) in [7, 11) is 0. The number of carbonyl (C=O) groups excluding carboxylic acids is 1. The summed E-state index contributed by atoms with van der Waals surface area (Å²) < 4.78 is 13.8. The minimum atomic E-state index is -0.717. The van der Waals surface area contributed by atoms with Crippen molar-refractivity contribution in [2.45, 2.75) is 25.3 Å². The van der Waals surface area contributed by atoms with Gasteiger partial charge in [0.1, 0.15) is 5.82 Å². The van der Waals surface area contributed by atoms with Crippen molar-refractivity contribution in [1.29, 1.82) is 0 Å². The Bertz CT molecular complexity index is 514. The maximum absolute atomic E-state index is 13.8. The van der Waals surface area contributed by atoms with E-state index in [1.165, 1.54) is 38.1 Å². The zero-order valence-electron chi connectivity index (χ0n) is 11.5. The van der Waals surface area contributed by atoms with Crippen LogP contribution in [0, 0.1) is 5.82 Å². The molecule has 2 N–H and O–H groups in total. The van der Waals surface area contributed by atoms with Crippen LogP contribution in [0.4, 0.5) is 10.1 Å². The molecular formula is C15H20FN3O. The Balaban J connectivity index is 1.71. The maximum atomic E-state index is 13.8. The molecule has 0 unspecified atom stereocenters. The molecule has 3 rings (SSSR count). The second-order valence-corrected chi connectivity index (χ2v) is 5.66. The molecule has 1 amide bonds. The fourth-order valence-electron chi connectivity index (χ4n) is 3.28. The van der Waals surface area contributed by atoms with E-state index in [0.717, 1.165) is 25.2 Å². The highest BCUT2D eigenvalue weighted by Crippen LogP contribution is 2.26. The van der Waals surface area contributed by atoms with E-state index in [-0.39, 0.29) is 5.56 Å². The van der Waals surface area contributed by atoms with Crippen LogP contribution in [-0.4, -0.2) is 43.0 Å². The number of primary amides is 1. The van der Waals surface area contributed by atoms with Crippen LogP contribution in [0.2, 0.25) is 0 Å². The summed E-state index contributed by atoms with van der Waals surface area (Å²) in [4.78, 5) is 15.8. The normalized spacial score (nSPS) is 23.4. The van der Waals surface area contributed by atoms with Crippen molar-refractivity contribution in [3.8, 4) is 0 Å². The second kappa shape index (κ2) is 5.40. The molecule has 2 aliphatic heterocycles. The first-order chi connectivity index (χ1) is 9.65. The third-order valence-electron chi connectivity index (χ3n) is 4.40. The largest absolute Gasteiger partial charge is 0.370 e. The molecule has 20 heavy (non-hydrogen) atoms. The van der Waals surface area contributed by atoms with E-state index in [1.54, 1.807) is 6.07 Å². The SMILES string of the molecule is NC(=O)c1ccc(N2CC[C@@H](N3CCCC3)C2)cc1F. The number of nitrogens with two attached hydrogens (primary N) is 1. The summed E-state index contributed by atoms with van der Waals surface area (Å²) in [6, 6.07) is 5.27. The fraction of sp³-hybridized carbons (Fsp3) is 0.533. The van der Waals surface area contributed by atoms with Gasteiger partial charge in [-0.05, 0) is 50.6 Å². The first-order valence-corrected chi connectivity index (χ1v) is 7.23. The number of amides is 1. The molecule has 4 nitrogen and oxygen atoms in total. The van der Waals surface area contributed by atoms with E-state index >= 15 is 0 Å². The van der Waals surface area contributed by atoms with Gasteiger partial charge >= 0.3 is 0 Å². The Labute approximate surface area is 118 Å². The van der Waals surface area contributed by atoms with E-state index in [1.807, 2.05) is 0 Å². The summed E-state index contributed by atoms with van der Waals surface area (Å²) in [6.07, 6.45) is 3.70. The number of nitrogens with zero attached hydrogens (tertiary/aromatic N) is 2. The van der Waals surface area contributed by atoms with Gasteiger partial charge in [0.2, 0.25) is 0 Å². The van der Waals surface area contributed by atoms with Gasteiger partial charge < -0.3 is 10.6 Å². The van der Waals surface area contributed by atoms with E-state index in [0.29, 0.717) is 6.04 Å². The molecule has 0 saturated carbocycles.